The molecule has 0 N–H and O–H groups in total. The van der Waals surface area contributed by atoms with Crippen LogP contribution >= 0.6 is 0 Å². The number of aromatic nitrogens is 2. The zero-order chi connectivity index (χ0) is 11.7. The summed E-state index contributed by atoms with van der Waals surface area (Å²) in [5.74, 6) is 0. The summed E-state index contributed by atoms with van der Waals surface area (Å²) in [4.78, 5) is 8.59. The quantitative estimate of drug-likeness (QED) is 0.626. The van der Waals surface area contributed by atoms with E-state index in [-0.39, 0.29) is 0 Å². The van der Waals surface area contributed by atoms with Gasteiger partial charge in [0, 0.05) is 30.3 Å². The highest BCUT2D eigenvalue weighted by Crippen LogP contribution is 2.22. The molecule has 3 aromatic rings. The smallest absolute Gasteiger partial charge is 0.0744 e. The molecule has 1 aromatic carbocycles. The Bertz CT molecular complexity index is 660. The highest BCUT2D eigenvalue weighted by molar-refractivity contribution is 5.84. The van der Waals surface area contributed by atoms with Gasteiger partial charge in [-0.3, -0.25) is 4.98 Å². The van der Waals surface area contributed by atoms with E-state index < -0.39 is 0 Å². The van der Waals surface area contributed by atoms with Crippen LogP contribution in [0.3, 0.4) is 0 Å². The van der Waals surface area contributed by atoms with Crippen LogP contribution in [0.15, 0.2) is 54.9 Å². The fraction of sp³-hybridized carbons (Fsp3) is 0. The molecule has 2 radical (unpaired) electrons. The van der Waals surface area contributed by atoms with Gasteiger partial charge in [-0.2, -0.15) is 0 Å². The number of hydrogen-bond donors (Lipinski definition) is 0. The van der Waals surface area contributed by atoms with E-state index in [9.17, 15) is 0 Å². The van der Waals surface area contributed by atoms with Gasteiger partial charge in [-0.05, 0) is 23.8 Å². The average Bonchev–Trinajstić information content (AvgIpc) is 2.40. The lowest BCUT2D eigenvalue weighted by atomic mass is 10.1. The first kappa shape index (κ1) is 9.97. The molecule has 0 bridgehead atoms. The van der Waals surface area contributed by atoms with Gasteiger partial charge < -0.3 is 0 Å². The van der Waals surface area contributed by atoms with Crippen molar-refractivity contribution in [3.63, 3.8) is 0 Å². The van der Waals surface area contributed by atoms with Crippen molar-refractivity contribution in [2.24, 2.45) is 0 Å². The molecule has 0 aliphatic heterocycles. The molecule has 2 heterocycles. The maximum absolute atomic E-state index is 5.93. The third kappa shape index (κ3) is 1.78. The predicted octanol–water partition coefficient (Wildman–Crippen LogP) is 3.36. The van der Waals surface area contributed by atoms with Crippen molar-refractivity contribution in [3.05, 3.63) is 67.3 Å². The van der Waals surface area contributed by atoms with E-state index in [0.717, 1.165) is 22.2 Å². The lowest BCUT2D eigenvalue weighted by molar-refractivity contribution is 1.31. The van der Waals surface area contributed by atoms with Crippen molar-refractivity contribution < 1.29 is 0 Å². The molecule has 80 valence electrons. The number of para-hydroxylation sites is 1. The van der Waals surface area contributed by atoms with Gasteiger partial charge in [0.05, 0.1) is 11.2 Å². The zero-order valence-corrected chi connectivity index (χ0v) is 9.17. The van der Waals surface area contributed by atoms with Crippen molar-refractivity contribution in [2.75, 3.05) is 0 Å². The Morgan fingerprint density at radius 1 is 0.882 bits per heavy atom. The summed E-state index contributed by atoms with van der Waals surface area (Å²) < 4.78 is 0. The van der Waals surface area contributed by atoms with Crippen LogP contribution in [-0.2, 0) is 0 Å². The molecular formula is C15H10N2. The number of nitrogens with zero attached hydrogens (tertiary/aromatic N) is 2. The first-order chi connectivity index (χ1) is 8.34. The maximum atomic E-state index is 5.93. The molecule has 0 amide bonds. The largest absolute Gasteiger partial charge is 0.265 e. The van der Waals surface area contributed by atoms with Crippen LogP contribution in [0.4, 0.5) is 0 Å². The number of benzene rings is 1. The van der Waals surface area contributed by atoms with Gasteiger partial charge in [0.15, 0.2) is 0 Å². The van der Waals surface area contributed by atoms with Gasteiger partial charge in [0.1, 0.15) is 0 Å². The Balaban J connectivity index is 2.23. The first-order valence-corrected chi connectivity index (χ1v) is 5.40. The first-order valence-electron chi connectivity index (χ1n) is 5.40. The number of hydrogen-bond acceptors (Lipinski definition) is 2. The van der Waals surface area contributed by atoms with Crippen molar-refractivity contribution in [3.8, 4) is 11.3 Å². The Hall–Kier alpha value is -2.22. The Kier molecular flexibility index (Phi) is 2.33. The lowest BCUT2D eigenvalue weighted by Gasteiger charge is -2.04. The molecule has 0 atom stereocenters. The van der Waals surface area contributed by atoms with E-state index in [0.29, 0.717) is 5.56 Å². The van der Waals surface area contributed by atoms with Crippen LogP contribution in [0.1, 0.15) is 5.56 Å². The van der Waals surface area contributed by atoms with Crippen LogP contribution in [0, 0.1) is 6.92 Å². The summed E-state index contributed by atoms with van der Waals surface area (Å²) in [6.45, 7) is 5.93. The van der Waals surface area contributed by atoms with Gasteiger partial charge >= 0.3 is 0 Å². The van der Waals surface area contributed by atoms with Crippen molar-refractivity contribution in [2.45, 2.75) is 0 Å². The predicted molar refractivity (Wildman–Crippen MR) is 68.4 cm³/mol. The van der Waals surface area contributed by atoms with Gasteiger partial charge in [-0.15, -0.1) is 0 Å². The minimum absolute atomic E-state index is 0.707. The molecule has 0 saturated carbocycles. The number of pyridine rings is 2. The van der Waals surface area contributed by atoms with E-state index in [4.69, 9.17) is 6.92 Å². The van der Waals surface area contributed by atoms with Gasteiger partial charge in [0.2, 0.25) is 0 Å². The number of rotatable bonds is 1. The Morgan fingerprint density at radius 3 is 2.53 bits per heavy atom. The summed E-state index contributed by atoms with van der Waals surface area (Å²) in [6, 6.07) is 13.7. The van der Waals surface area contributed by atoms with E-state index in [1.165, 1.54) is 0 Å². The van der Waals surface area contributed by atoms with Gasteiger partial charge in [0.25, 0.3) is 0 Å². The second-order valence-electron chi connectivity index (χ2n) is 3.85. The molecule has 2 heteroatoms. The third-order valence-corrected chi connectivity index (χ3v) is 2.73. The molecule has 0 fully saturated rings. The van der Waals surface area contributed by atoms with Crippen molar-refractivity contribution in [1.82, 2.24) is 9.97 Å². The summed E-state index contributed by atoms with van der Waals surface area (Å²) in [5.41, 5.74) is 3.52. The summed E-state index contributed by atoms with van der Waals surface area (Å²) in [7, 11) is 0. The second-order valence-corrected chi connectivity index (χ2v) is 3.85. The van der Waals surface area contributed by atoms with E-state index in [2.05, 4.69) is 9.97 Å². The molecule has 0 aliphatic carbocycles. The summed E-state index contributed by atoms with van der Waals surface area (Å²) >= 11 is 0. The van der Waals surface area contributed by atoms with E-state index in [1.54, 1.807) is 12.4 Å². The lowest BCUT2D eigenvalue weighted by Crippen LogP contribution is -1.87. The Labute approximate surface area is 100.0 Å². The summed E-state index contributed by atoms with van der Waals surface area (Å²) in [5, 5.41) is 1.06. The average molecular weight is 218 g/mol. The topological polar surface area (TPSA) is 25.8 Å². The van der Waals surface area contributed by atoms with Crippen LogP contribution < -0.4 is 0 Å². The Morgan fingerprint density at radius 2 is 1.71 bits per heavy atom. The van der Waals surface area contributed by atoms with Crippen molar-refractivity contribution in [1.29, 1.82) is 0 Å². The zero-order valence-electron chi connectivity index (χ0n) is 9.17. The fourth-order valence-electron chi connectivity index (χ4n) is 1.85. The standard InChI is InChI=1S/C15H10N2/c1-11-3-2-4-13-5-6-14(17-15(11)13)12-7-9-16-10-8-12/h1-10H. The van der Waals surface area contributed by atoms with Crippen molar-refractivity contribution >= 4 is 10.9 Å². The molecule has 0 spiro atoms. The normalized spacial score (nSPS) is 10.6. The molecule has 0 aliphatic rings. The van der Waals surface area contributed by atoms with Crippen LogP contribution in [0.5, 0.6) is 0 Å². The third-order valence-electron chi connectivity index (χ3n) is 2.73. The summed E-state index contributed by atoms with van der Waals surface area (Å²) in [6.07, 6.45) is 3.52. The van der Waals surface area contributed by atoms with E-state index in [1.807, 2.05) is 42.5 Å². The van der Waals surface area contributed by atoms with E-state index >= 15 is 0 Å². The molecule has 2 aromatic heterocycles. The molecule has 3 rings (SSSR count). The number of fused-ring (bicyclic) bond motifs is 1. The van der Waals surface area contributed by atoms with Crippen LogP contribution in [-0.4, -0.2) is 9.97 Å². The maximum Gasteiger partial charge on any atom is 0.0744 e. The monoisotopic (exact) mass is 218 g/mol. The minimum Gasteiger partial charge on any atom is -0.265 e. The SMILES string of the molecule is [CH]c1cccc2ccc(-c3ccncc3)nc12. The molecule has 0 unspecified atom stereocenters. The van der Waals surface area contributed by atoms with Gasteiger partial charge in [-0.25, -0.2) is 4.98 Å². The van der Waals surface area contributed by atoms with Gasteiger partial charge in [-0.1, -0.05) is 24.3 Å². The fourth-order valence-corrected chi connectivity index (χ4v) is 1.85. The molecule has 17 heavy (non-hydrogen) atoms. The highest BCUT2D eigenvalue weighted by atomic mass is 14.7. The van der Waals surface area contributed by atoms with Crippen LogP contribution in [0.25, 0.3) is 22.2 Å². The highest BCUT2D eigenvalue weighted by Gasteiger charge is 2.02. The molecule has 2 nitrogen and oxygen atoms in total. The second kappa shape index (κ2) is 3.98. The minimum atomic E-state index is 0.707. The van der Waals surface area contributed by atoms with Crippen LogP contribution in [0.2, 0.25) is 0 Å². The molecule has 0 saturated heterocycles. The molecular weight excluding hydrogens is 208 g/mol.